The number of Topliss-reactive ketones (excluding diaryl/α,β-unsaturated/α-hetero) is 4. The molecule has 0 amide bonds. The van der Waals surface area contributed by atoms with Gasteiger partial charge in [0.1, 0.15) is 5.82 Å². The molecule has 19 heteroatoms. The number of carbonyl (C=O) groups excluding carboxylic acids is 8. The van der Waals surface area contributed by atoms with Gasteiger partial charge in [0.15, 0.2) is 23.1 Å². The third kappa shape index (κ3) is 20.2. The largest absolute Gasteiger partial charge is 0.463 e. The van der Waals surface area contributed by atoms with Gasteiger partial charge in [-0.05, 0) is 164 Å². The van der Waals surface area contributed by atoms with E-state index in [0.29, 0.717) is 97.0 Å². The number of ketones is 4. The first-order chi connectivity index (χ1) is 58.8. The molecule has 4 N–H and O–H groups in total. The predicted molar refractivity (Wildman–Crippen MR) is 477 cm³/mol. The van der Waals surface area contributed by atoms with E-state index >= 15 is 0 Å². The van der Waals surface area contributed by atoms with E-state index in [9.17, 15) is 42.7 Å². The maximum Gasteiger partial charge on any atom is 0.336 e. The number of halogens is 1. The number of ether oxygens (including phenoxy) is 4. The number of esters is 4. The van der Waals surface area contributed by atoms with Crippen LogP contribution < -0.4 is 21.3 Å². The summed E-state index contributed by atoms with van der Waals surface area (Å²) < 4.78 is 35.1. The Balaban J connectivity index is 0.000000150. The van der Waals surface area contributed by atoms with E-state index in [0.717, 1.165) is 133 Å². The van der Waals surface area contributed by atoms with Gasteiger partial charge in [-0.15, -0.1) is 0 Å². The van der Waals surface area contributed by atoms with Crippen molar-refractivity contribution in [1.29, 1.82) is 0 Å². The lowest BCUT2D eigenvalue weighted by Crippen LogP contribution is -2.39. The van der Waals surface area contributed by atoms with Crippen molar-refractivity contribution in [1.82, 2.24) is 31.2 Å². The van der Waals surface area contributed by atoms with E-state index in [4.69, 9.17) is 18.9 Å². The average molecular weight is 1660 g/mol. The Morgan fingerprint density at radius 2 is 0.593 bits per heavy atom. The van der Waals surface area contributed by atoms with Gasteiger partial charge in [0.2, 0.25) is 0 Å². The highest BCUT2D eigenvalue weighted by atomic mass is 19.1. The summed E-state index contributed by atoms with van der Waals surface area (Å²) in [4.78, 5) is 114. The van der Waals surface area contributed by atoms with E-state index in [2.05, 4.69) is 111 Å². The zero-order chi connectivity index (χ0) is 88.4. The van der Waals surface area contributed by atoms with Gasteiger partial charge >= 0.3 is 23.9 Å². The summed E-state index contributed by atoms with van der Waals surface area (Å²) in [6, 6.07) is 52.2. The SMILES string of the molecule is CCOC(=O)C1=C(CC)NC2=C(C(=O)CC(C)(C)C2)C1c1ccc(-c2ccccc2)cc1.CCOC(=O)C1=C(CC)NC2=C(C(=O)CC(C)(C)C2)C1c1ccc(-c2ccccc2)nc1.CCOC(=O)C1=C(CC)NC2=C(C(=O)CC(C)(C)C2)C1c1ccc(-c2ccccn2)cc1.CCOC(=O)C1=C(CC)NC2=C(C(=O)CC(C)(C)C2)C1c1ccc(F)cc1. The first-order valence-electron chi connectivity index (χ1n) is 43.5. The normalized spacial score (nSPS) is 20.4. The standard InChI is InChI=1S/C28H31NO3.2C27H30N2O3.C22H26FNO3/c1-5-21-26(27(31)32-6-2)24(25-22(29-21)16-28(3,4)17-23(25)30)20-14-12-19(13-15-20)18-10-8-7-9-11-18;1-5-19-25(26(31)32-6-2)23(24-21(29-19)15-27(3,4)16-22(24)30)18-12-10-17(11-13-18)20-9-7-8-14-28-20;1-5-19-25(26(31)32-6-2)23(24-21(29-19)14-27(3,4)15-22(24)30)18-12-13-20(28-16-18)17-10-8-7-9-11-17;1-5-15-20(21(26)27-6-2)18(13-7-9-14(23)10-8-13)19-16(24-15)11-22(3,4)12-17(19)25/h7-15,24,29H,5-6,16-17H2,1-4H3;7-14,23,29H,5-6,15-16H2,1-4H3;7-13,16,23,29H,5-6,14-15H2,1-4H3;7-10,18,24H,5-6,11-12H2,1-4H3. The minimum absolute atomic E-state index is 0.0278. The van der Waals surface area contributed by atoms with Crippen LogP contribution in [-0.2, 0) is 57.3 Å². The molecule has 4 unspecified atom stereocenters. The monoisotopic (exact) mass is 1660 g/mol. The van der Waals surface area contributed by atoms with Crippen molar-refractivity contribution in [3.63, 3.8) is 0 Å². The molecule has 642 valence electrons. The highest BCUT2D eigenvalue weighted by molar-refractivity contribution is 6.07. The summed E-state index contributed by atoms with van der Waals surface area (Å²) in [5, 5.41) is 13.7. The van der Waals surface area contributed by atoms with Crippen LogP contribution in [0.3, 0.4) is 0 Å². The summed E-state index contributed by atoms with van der Waals surface area (Å²) in [7, 11) is 0. The number of nitrogens with zero attached hydrogens (tertiary/aromatic N) is 2. The van der Waals surface area contributed by atoms with Gasteiger partial charge in [0.05, 0.1) is 60.1 Å². The number of aromatic nitrogens is 2. The van der Waals surface area contributed by atoms with Crippen molar-refractivity contribution in [2.75, 3.05) is 26.4 Å². The van der Waals surface area contributed by atoms with Gasteiger partial charge in [0, 0.05) is 141 Å². The van der Waals surface area contributed by atoms with E-state index in [-0.39, 0.29) is 88.3 Å². The molecule has 4 aliphatic heterocycles. The Morgan fingerprint density at radius 3 is 0.886 bits per heavy atom. The van der Waals surface area contributed by atoms with Crippen LogP contribution in [0, 0.1) is 27.5 Å². The molecule has 5 aromatic carbocycles. The first-order valence-corrected chi connectivity index (χ1v) is 43.5. The molecule has 6 heterocycles. The number of pyridine rings is 2. The zero-order valence-corrected chi connectivity index (χ0v) is 74.0. The number of nitrogens with one attached hydrogen (secondary N) is 4. The second-order valence-corrected chi connectivity index (χ2v) is 35.6. The van der Waals surface area contributed by atoms with Crippen molar-refractivity contribution in [3.05, 3.63) is 294 Å². The maximum atomic E-state index is 13.5. The number of dihydropyridines is 4. The summed E-state index contributed by atoms with van der Waals surface area (Å²) in [5.74, 6) is -3.39. The predicted octanol–water partition coefficient (Wildman–Crippen LogP) is 20.9. The van der Waals surface area contributed by atoms with Crippen LogP contribution >= 0.6 is 0 Å². The summed E-state index contributed by atoms with van der Waals surface area (Å²) >= 11 is 0. The van der Waals surface area contributed by atoms with Crippen LogP contribution in [0.1, 0.15) is 234 Å². The van der Waals surface area contributed by atoms with Crippen LogP contribution in [0.15, 0.2) is 266 Å². The Labute approximate surface area is 723 Å². The quantitative estimate of drug-likeness (QED) is 0.0434. The molecule has 8 aliphatic rings. The minimum atomic E-state index is -0.528. The number of hydrogen-bond donors (Lipinski definition) is 4. The smallest absolute Gasteiger partial charge is 0.336 e. The van der Waals surface area contributed by atoms with Gasteiger partial charge < -0.3 is 40.2 Å². The van der Waals surface area contributed by atoms with Crippen molar-refractivity contribution in [3.8, 4) is 33.6 Å². The van der Waals surface area contributed by atoms with Gasteiger partial charge in [0.25, 0.3) is 0 Å². The molecule has 18 nitrogen and oxygen atoms in total. The molecule has 2 aromatic heterocycles. The van der Waals surface area contributed by atoms with Crippen molar-refractivity contribution >= 4 is 47.0 Å². The van der Waals surface area contributed by atoms with Crippen LogP contribution in [0.5, 0.6) is 0 Å². The Bertz CT molecular complexity index is 5050. The molecule has 7 aromatic rings. The molecule has 0 saturated heterocycles. The van der Waals surface area contributed by atoms with Crippen LogP contribution in [0.25, 0.3) is 33.6 Å². The zero-order valence-electron chi connectivity index (χ0n) is 74.0. The Morgan fingerprint density at radius 1 is 0.325 bits per heavy atom. The molecule has 123 heavy (non-hydrogen) atoms. The molecule has 0 spiro atoms. The second-order valence-electron chi connectivity index (χ2n) is 35.6. The number of rotatable bonds is 19. The summed E-state index contributed by atoms with van der Waals surface area (Å²) in [6.45, 7) is 33.1. The lowest BCUT2D eigenvalue weighted by molar-refractivity contribution is -0.139. The number of allylic oxidation sites excluding steroid dienone is 12. The highest BCUT2D eigenvalue weighted by Crippen LogP contribution is 2.53. The Kier molecular flexibility index (Phi) is 28.3. The van der Waals surface area contributed by atoms with Crippen LogP contribution in [-0.4, -0.2) is 83.4 Å². The average Bonchev–Trinajstić information content (AvgIpc) is 0.759. The highest BCUT2D eigenvalue weighted by Gasteiger charge is 2.49. The molecule has 15 rings (SSSR count). The van der Waals surface area contributed by atoms with Crippen molar-refractivity contribution in [2.24, 2.45) is 21.7 Å². The summed E-state index contributed by atoms with van der Waals surface area (Å²) in [5.41, 5.74) is 20.7. The van der Waals surface area contributed by atoms with Crippen LogP contribution in [0.2, 0.25) is 0 Å². The topological polar surface area (TPSA) is 247 Å². The first kappa shape index (κ1) is 90.2. The number of benzene rings is 5. The van der Waals surface area contributed by atoms with E-state index in [1.165, 1.54) is 12.1 Å². The molecule has 0 bridgehead atoms. The van der Waals surface area contributed by atoms with Crippen LogP contribution in [0.4, 0.5) is 4.39 Å². The van der Waals surface area contributed by atoms with Crippen molar-refractivity contribution in [2.45, 2.75) is 212 Å². The van der Waals surface area contributed by atoms with E-state index in [1.807, 2.05) is 150 Å². The summed E-state index contributed by atoms with van der Waals surface area (Å²) in [6.07, 6.45) is 11.0. The van der Waals surface area contributed by atoms with Gasteiger partial charge in [-0.3, -0.25) is 29.1 Å². The molecule has 0 radical (unpaired) electrons. The van der Waals surface area contributed by atoms with E-state index in [1.54, 1.807) is 45.3 Å². The molecule has 0 fully saturated rings. The lowest BCUT2D eigenvalue weighted by Gasteiger charge is -2.40. The molecule has 4 aliphatic carbocycles. The molecular formula is C104H117FN6O12. The molecule has 4 atom stereocenters. The van der Waals surface area contributed by atoms with Gasteiger partial charge in [-0.25, -0.2) is 23.6 Å². The second kappa shape index (κ2) is 38.6. The Hall–Kier alpha value is -12.0. The number of carbonyl (C=O) groups is 8. The maximum absolute atomic E-state index is 13.5. The fourth-order valence-electron chi connectivity index (χ4n) is 18.5. The minimum Gasteiger partial charge on any atom is -0.463 e. The van der Waals surface area contributed by atoms with E-state index < -0.39 is 29.6 Å². The van der Waals surface area contributed by atoms with Crippen molar-refractivity contribution < 1.29 is 61.7 Å². The molecule has 0 saturated carbocycles. The molecular weight excluding hydrogens is 1540 g/mol. The third-order valence-electron chi connectivity index (χ3n) is 23.8. The lowest BCUT2D eigenvalue weighted by atomic mass is 9.68. The third-order valence-corrected chi connectivity index (χ3v) is 23.8. The van der Waals surface area contributed by atoms with Gasteiger partial charge in [-0.1, -0.05) is 217 Å². The number of hydrogen-bond acceptors (Lipinski definition) is 18. The fraction of sp³-hybridized carbons (Fsp3) is 0.385. The fourth-order valence-corrected chi connectivity index (χ4v) is 18.5. The van der Waals surface area contributed by atoms with Gasteiger partial charge in [-0.2, -0.15) is 0 Å².